The zero-order chi connectivity index (χ0) is 18.5. The number of ether oxygens (including phenoxy) is 1. The minimum Gasteiger partial charge on any atom is -0.497 e. The second kappa shape index (κ2) is 5.84. The molecule has 0 atom stereocenters. The van der Waals surface area contributed by atoms with E-state index in [9.17, 15) is 9.59 Å². The van der Waals surface area contributed by atoms with Gasteiger partial charge in [0.2, 0.25) is 0 Å². The van der Waals surface area contributed by atoms with Crippen LogP contribution in [-0.2, 0) is 22.6 Å². The fraction of sp³-hybridized carbons (Fsp3) is 0.182. The Morgan fingerprint density at radius 2 is 1.85 bits per heavy atom. The molecule has 0 saturated carbocycles. The first kappa shape index (κ1) is 15.9. The predicted octanol–water partition coefficient (Wildman–Crippen LogP) is 3.16. The van der Waals surface area contributed by atoms with Gasteiger partial charge in [0.15, 0.2) is 0 Å². The Kier molecular flexibility index (Phi) is 3.44. The molecule has 0 radical (unpaired) electrons. The monoisotopic (exact) mass is 358 g/mol. The fourth-order valence-corrected chi connectivity index (χ4v) is 4.22. The van der Waals surface area contributed by atoms with Gasteiger partial charge in [-0.3, -0.25) is 14.9 Å². The maximum absolute atomic E-state index is 12.7. The number of aromatic nitrogens is 1. The lowest BCUT2D eigenvalue weighted by molar-refractivity contribution is -0.122. The number of nitrogens with zero attached hydrogens (tertiary/aromatic N) is 1. The molecular formula is C22H18N2O3. The first-order valence-corrected chi connectivity index (χ1v) is 9.03. The third-order valence-electron chi connectivity index (χ3n) is 5.39. The lowest BCUT2D eigenvalue weighted by Crippen LogP contribution is -2.22. The van der Waals surface area contributed by atoms with Gasteiger partial charge in [0.25, 0.3) is 11.8 Å². The van der Waals surface area contributed by atoms with E-state index in [1.54, 1.807) is 13.2 Å². The summed E-state index contributed by atoms with van der Waals surface area (Å²) >= 11 is 0. The quantitative estimate of drug-likeness (QED) is 0.732. The fourth-order valence-electron chi connectivity index (χ4n) is 4.22. The van der Waals surface area contributed by atoms with Gasteiger partial charge in [0.05, 0.1) is 23.8 Å². The largest absolute Gasteiger partial charge is 0.497 e. The van der Waals surface area contributed by atoms with E-state index in [0.717, 1.165) is 30.3 Å². The summed E-state index contributed by atoms with van der Waals surface area (Å²) in [6, 6.07) is 13.5. The van der Waals surface area contributed by atoms with Crippen LogP contribution in [0, 0.1) is 0 Å². The first-order chi connectivity index (χ1) is 13.2. The van der Waals surface area contributed by atoms with E-state index in [-0.39, 0.29) is 11.8 Å². The van der Waals surface area contributed by atoms with Crippen molar-refractivity contribution >= 4 is 33.9 Å². The summed E-state index contributed by atoms with van der Waals surface area (Å²) in [5.74, 6) is -0.0640. The summed E-state index contributed by atoms with van der Waals surface area (Å²) in [4.78, 5) is 25.4. The van der Waals surface area contributed by atoms with Crippen molar-refractivity contribution in [2.75, 3.05) is 7.11 Å². The summed E-state index contributed by atoms with van der Waals surface area (Å²) in [5.41, 5.74) is 4.80. The second-order valence-electron chi connectivity index (χ2n) is 6.92. The van der Waals surface area contributed by atoms with Crippen molar-refractivity contribution in [3.63, 3.8) is 0 Å². The van der Waals surface area contributed by atoms with E-state index in [0.29, 0.717) is 22.5 Å². The van der Waals surface area contributed by atoms with Crippen molar-refractivity contribution < 1.29 is 14.3 Å². The minimum absolute atomic E-state index is 0.346. The topological polar surface area (TPSA) is 60.3 Å². The Hall–Kier alpha value is -3.34. The Balaban J connectivity index is 1.81. The first-order valence-electron chi connectivity index (χ1n) is 9.03. The number of benzene rings is 2. The van der Waals surface area contributed by atoms with Crippen LogP contribution in [0.25, 0.3) is 22.0 Å². The molecule has 0 saturated heterocycles. The average Bonchev–Trinajstić information content (AvgIpc) is 3.20. The van der Waals surface area contributed by atoms with E-state index in [2.05, 4.69) is 16.0 Å². The summed E-state index contributed by atoms with van der Waals surface area (Å²) < 4.78 is 7.49. The number of hydrogen-bond donors (Lipinski definition) is 1. The van der Waals surface area contributed by atoms with Crippen LogP contribution in [0.5, 0.6) is 5.75 Å². The van der Waals surface area contributed by atoms with Crippen LogP contribution in [0.3, 0.4) is 0 Å². The number of rotatable bonds is 3. The SMILES string of the molecule is COc1cccc(C2=C(c3cn4c5c(cccc35)CCC4)C(=O)NC2=O)c1. The third kappa shape index (κ3) is 2.31. The molecule has 5 nitrogen and oxygen atoms in total. The van der Waals surface area contributed by atoms with Crippen molar-refractivity contribution in [2.24, 2.45) is 0 Å². The summed E-state index contributed by atoms with van der Waals surface area (Å²) in [5, 5.41) is 3.49. The predicted molar refractivity (Wildman–Crippen MR) is 103 cm³/mol. The van der Waals surface area contributed by atoms with Crippen LogP contribution in [0.2, 0.25) is 0 Å². The highest BCUT2D eigenvalue weighted by Gasteiger charge is 2.34. The van der Waals surface area contributed by atoms with Gasteiger partial charge in [0, 0.05) is 23.7 Å². The summed E-state index contributed by atoms with van der Waals surface area (Å²) in [6.07, 6.45) is 4.13. The van der Waals surface area contributed by atoms with Gasteiger partial charge in [0.1, 0.15) is 5.75 Å². The second-order valence-corrected chi connectivity index (χ2v) is 6.92. The van der Waals surface area contributed by atoms with Crippen LogP contribution in [0.4, 0.5) is 0 Å². The van der Waals surface area contributed by atoms with Gasteiger partial charge < -0.3 is 9.30 Å². The Morgan fingerprint density at radius 1 is 1.04 bits per heavy atom. The van der Waals surface area contributed by atoms with Gasteiger partial charge in [-0.2, -0.15) is 0 Å². The number of aryl methyl sites for hydroxylation is 2. The Morgan fingerprint density at radius 3 is 2.70 bits per heavy atom. The zero-order valence-electron chi connectivity index (χ0n) is 14.9. The van der Waals surface area contributed by atoms with Gasteiger partial charge in [-0.05, 0) is 36.1 Å². The number of para-hydroxylation sites is 1. The van der Waals surface area contributed by atoms with Crippen LogP contribution >= 0.6 is 0 Å². The third-order valence-corrected chi connectivity index (χ3v) is 5.39. The molecule has 2 amide bonds. The lowest BCUT2D eigenvalue weighted by atomic mass is 9.95. The molecule has 1 aromatic heterocycles. The molecule has 2 aliphatic rings. The summed E-state index contributed by atoms with van der Waals surface area (Å²) in [6.45, 7) is 0.921. The van der Waals surface area contributed by atoms with E-state index >= 15 is 0 Å². The Labute approximate surface area is 156 Å². The van der Waals surface area contributed by atoms with E-state index in [1.165, 1.54) is 11.1 Å². The highest BCUT2D eigenvalue weighted by Crippen LogP contribution is 2.38. The molecule has 0 bridgehead atoms. The van der Waals surface area contributed by atoms with Gasteiger partial charge in [-0.1, -0.05) is 30.3 Å². The number of nitrogens with one attached hydrogen (secondary N) is 1. The van der Waals surface area contributed by atoms with Crippen molar-refractivity contribution in [1.82, 2.24) is 9.88 Å². The van der Waals surface area contributed by atoms with Crippen LogP contribution in [0.1, 0.15) is 23.1 Å². The number of methoxy groups -OCH3 is 1. The molecule has 5 heteroatoms. The summed E-state index contributed by atoms with van der Waals surface area (Å²) in [7, 11) is 1.58. The number of carbonyl (C=O) groups excluding carboxylic acids is 2. The number of imide groups is 1. The molecule has 0 spiro atoms. The average molecular weight is 358 g/mol. The molecule has 3 heterocycles. The molecule has 3 aromatic rings. The molecule has 0 aliphatic carbocycles. The van der Waals surface area contributed by atoms with E-state index in [4.69, 9.17) is 4.74 Å². The normalized spacial score (nSPS) is 16.2. The van der Waals surface area contributed by atoms with Crippen molar-refractivity contribution in [3.05, 3.63) is 65.4 Å². The molecule has 2 aliphatic heterocycles. The lowest BCUT2D eigenvalue weighted by Gasteiger charge is -2.14. The smallest absolute Gasteiger partial charge is 0.259 e. The van der Waals surface area contributed by atoms with Crippen LogP contribution in [-0.4, -0.2) is 23.5 Å². The van der Waals surface area contributed by atoms with Gasteiger partial charge in [-0.25, -0.2) is 0 Å². The van der Waals surface area contributed by atoms with E-state index in [1.807, 2.05) is 36.5 Å². The zero-order valence-corrected chi connectivity index (χ0v) is 14.9. The van der Waals surface area contributed by atoms with Gasteiger partial charge in [-0.15, -0.1) is 0 Å². The molecular weight excluding hydrogens is 340 g/mol. The minimum atomic E-state index is -0.366. The van der Waals surface area contributed by atoms with Crippen molar-refractivity contribution in [2.45, 2.75) is 19.4 Å². The van der Waals surface area contributed by atoms with Gasteiger partial charge >= 0.3 is 0 Å². The molecule has 134 valence electrons. The maximum Gasteiger partial charge on any atom is 0.259 e. The van der Waals surface area contributed by atoms with E-state index < -0.39 is 0 Å². The molecule has 5 rings (SSSR count). The molecule has 0 fully saturated rings. The van der Waals surface area contributed by atoms with Crippen LogP contribution < -0.4 is 10.1 Å². The molecule has 1 N–H and O–H groups in total. The Bertz CT molecular complexity index is 1150. The maximum atomic E-state index is 12.7. The molecule has 27 heavy (non-hydrogen) atoms. The van der Waals surface area contributed by atoms with Crippen LogP contribution in [0.15, 0.2) is 48.7 Å². The number of hydrogen-bond acceptors (Lipinski definition) is 3. The molecule has 2 aromatic carbocycles. The van der Waals surface area contributed by atoms with Crippen molar-refractivity contribution in [1.29, 1.82) is 0 Å². The molecule has 0 unspecified atom stereocenters. The highest BCUT2D eigenvalue weighted by molar-refractivity contribution is 6.50. The number of carbonyl (C=O) groups is 2. The standard InChI is InChI=1S/C22H18N2O3/c1-27-15-8-2-6-14(11-15)18-19(22(26)23-21(18)25)17-12-24-10-4-7-13-5-3-9-16(17)20(13)24/h2-3,5-6,8-9,11-12H,4,7,10H2,1H3,(H,23,25,26). The van der Waals surface area contributed by atoms with Crippen molar-refractivity contribution in [3.8, 4) is 5.75 Å². The highest BCUT2D eigenvalue weighted by atomic mass is 16.5. The number of amides is 2.